The van der Waals surface area contributed by atoms with Gasteiger partial charge in [-0.15, -0.1) is 10.2 Å². The molecule has 3 aromatic rings. The van der Waals surface area contributed by atoms with E-state index in [2.05, 4.69) is 15.3 Å². The Kier molecular flexibility index (Phi) is 5.20. The summed E-state index contributed by atoms with van der Waals surface area (Å²) in [6.07, 6.45) is 5.02. The van der Waals surface area contributed by atoms with Crippen LogP contribution in [0.25, 0.3) is 15.5 Å². The molecule has 0 spiro atoms. The Labute approximate surface area is 178 Å². The fraction of sp³-hybridized carbons (Fsp3) is 0.476. The van der Waals surface area contributed by atoms with E-state index >= 15 is 0 Å². The molecule has 0 radical (unpaired) electrons. The van der Waals surface area contributed by atoms with E-state index in [1.54, 1.807) is 4.52 Å². The molecule has 0 N–H and O–H groups in total. The van der Waals surface area contributed by atoms with Gasteiger partial charge in [-0.2, -0.15) is 9.61 Å². The van der Waals surface area contributed by atoms with Gasteiger partial charge in [0.15, 0.2) is 5.82 Å². The van der Waals surface area contributed by atoms with Crippen LogP contribution in [-0.2, 0) is 22.4 Å². The molecule has 1 aromatic carbocycles. The van der Waals surface area contributed by atoms with E-state index < -0.39 is 0 Å². The first-order valence-electron chi connectivity index (χ1n) is 10.5. The second-order valence-corrected chi connectivity index (χ2v) is 8.90. The van der Waals surface area contributed by atoms with Crippen molar-refractivity contribution in [3.05, 3.63) is 35.7 Å². The molecular weight excluding hydrogens is 400 g/mol. The van der Waals surface area contributed by atoms with E-state index in [1.807, 2.05) is 34.1 Å². The quantitative estimate of drug-likeness (QED) is 0.627. The summed E-state index contributed by atoms with van der Waals surface area (Å²) in [6.45, 7) is 3.42. The van der Waals surface area contributed by atoms with Crippen LogP contribution in [0.4, 0.5) is 0 Å². The minimum absolute atomic E-state index is 0.0865. The van der Waals surface area contributed by atoms with Crippen molar-refractivity contribution in [2.75, 3.05) is 26.2 Å². The number of aromatic nitrogens is 4. The summed E-state index contributed by atoms with van der Waals surface area (Å²) in [7, 11) is 0. The maximum atomic E-state index is 12.4. The lowest BCUT2D eigenvalue weighted by atomic mass is 10.1. The first-order chi connectivity index (χ1) is 14.7. The van der Waals surface area contributed by atoms with Gasteiger partial charge in [-0.05, 0) is 31.2 Å². The molecule has 2 fully saturated rings. The number of hydrogen-bond donors (Lipinski definition) is 0. The number of likely N-dealkylation sites (tertiary alicyclic amines) is 2. The molecule has 0 bridgehead atoms. The lowest BCUT2D eigenvalue weighted by Crippen LogP contribution is -2.29. The van der Waals surface area contributed by atoms with Crippen molar-refractivity contribution in [1.29, 1.82) is 0 Å². The Bertz CT molecular complexity index is 1060. The average molecular weight is 425 g/mol. The van der Waals surface area contributed by atoms with Crippen LogP contribution in [0.15, 0.2) is 24.3 Å². The molecule has 2 saturated heterocycles. The Morgan fingerprint density at radius 3 is 2.07 bits per heavy atom. The largest absolute Gasteiger partial charge is 0.342 e. The minimum Gasteiger partial charge on any atom is -0.342 e. The molecule has 2 aliphatic rings. The third-order valence-corrected chi connectivity index (χ3v) is 6.79. The molecule has 0 aliphatic carbocycles. The van der Waals surface area contributed by atoms with Gasteiger partial charge >= 0.3 is 0 Å². The van der Waals surface area contributed by atoms with Crippen LogP contribution in [0.1, 0.15) is 37.1 Å². The van der Waals surface area contributed by atoms with Crippen molar-refractivity contribution in [2.45, 2.75) is 38.5 Å². The Balaban J connectivity index is 1.29. The fourth-order valence-electron chi connectivity index (χ4n) is 4.12. The standard InChI is InChI=1S/C21H24N6O2S/c28-18(25-9-1-2-10-25)13-15-5-7-16(8-6-15)20-24-27-17(22-23-21(27)30-20)14-19(29)26-11-3-4-12-26/h5-8H,1-4,9-14H2. The Morgan fingerprint density at radius 2 is 1.43 bits per heavy atom. The summed E-state index contributed by atoms with van der Waals surface area (Å²) in [5.41, 5.74) is 1.98. The van der Waals surface area contributed by atoms with Gasteiger partial charge in [0.25, 0.3) is 0 Å². The van der Waals surface area contributed by atoms with Gasteiger partial charge in [-0.25, -0.2) is 0 Å². The first-order valence-corrected chi connectivity index (χ1v) is 11.3. The highest BCUT2D eigenvalue weighted by Gasteiger charge is 2.22. The van der Waals surface area contributed by atoms with Crippen molar-refractivity contribution in [1.82, 2.24) is 29.6 Å². The zero-order valence-corrected chi connectivity index (χ0v) is 17.6. The molecule has 0 unspecified atom stereocenters. The number of benzene rings is 1. The molecule has 30 heavy (non-hydrogen) atoms. The van der Waals surface area contributed by atoms with E-state index in [0.29, 0.717) is 17.2 Å². The highest BCUT2D eigenvalue weighted by atomic mass is 32.1. The van der Waals surface area contributed by atoms with Gasteiger partial charge in [0.2, 0.25) is 16.8 Å². The molecule has 2 aliphatic heterocycles. The molecule has 8 nitrogen and oxygen atoms in total. The number of hydrogen-bond acceptors (Lipinski definition) is 6. The average Bonchev–Trinajstić information content (AvgIpc) is 3.53. The van der Waals surface area contributed by atoms with Crippen LogP contribution in [-0.4, -0.2) is 67.6 Å². The van der Waals surface area contributed by atoms with Gasteiger partial charge < -0.3 is 9.80 Å². The molecule has 4 heterocycles. The summed E-state index contributed by atoms with van der Waals surface area (Å²) in [4.78, 5) is 29.3. The Morgan fingerprint density at radius 1 is 0.833 bits per heavy atom. The maximum Gasteiger partial charge on any atom is 0.234 e. The van der Waals surface area contributed by atoms with Crippen molar-refractivity contribution in [3.63, 3.8) is 0 Å². The predicted octanol–water partition coefficient (Wildman–Crippen LogP) is 2.18. The number of nitrogens with zero attached hydrogens (tertiary/aromatic N) is 6. The number of rotatable bonds is 5. The molecule has 156 valence electrons. The van der Waals surface area contributed by atoms with Crippen LogP contribution in [0, 0.1) is 0 Å². The monoisotopic (exact) mass is 424 g/mol. The van der Waals surface area contributed by atoms with Gasteiger partial charge in [0, 0.05) is 31.7 Å². The summed E-state index contributed by atoms with van der Waals surface area (Å²) >= 11 is 1.45. The van der Waals surface area contributed by atoms with Crippen molar-refractivity contribution < 1.29 is 9.59 Å². The van der Waals surface area contributed by atoms with Crippen molar-refractivity contribution in [3.8, 4) is 10.6 Å². The lowest BCUT2D eigenvalue weighted by Gasteiger charge is -2.15. The van der Waals surface area contributed by atoms with E-state index in [-0.39, 0.29) is 18.2 Å². The van der Waals surface area contributed by atoms with E-state index in [9.17, 15) is 9.59 Å². The van der Waals surface area contributed by atoms with E-state index in [0.717, 1.165) is 68.0 Å². The third-order valence-electron chi connectivity index (χ3n) is 5.84. The van der Waals surface area contributed by atoms with Crippen molar-refractivity contribution >= 4 is 28.1 Å². The molecule has 0 atom stereocenters. The summed E-state index contributed by atoms with van der Waals surface area (Å²) in [6, 6.07) is 7.97. The number of carbonyl (C=O) groups excluding carboxylic acids is 2. The zero-order valence-electron chi connectivity index (χ0n) is 16.8. The minimum atomic E-state index is 0.0865. The SMILES string of the molecule is O=C(Cc1ccc(-c2nn3c(CC(=O)N4CCCC4)nnc3s2)cc1)N1CCCC1. The van der Waals surface area contributed by atoms with Crippen LogP contribution in [0.2, 0.25) is 0 Å². The summed E-state index contributed by atoms with van der Waals surface area (Å²) < 4.78 is 1.68. The van der Waals surface area contributed by atoms with Gasteiger partial charge in [-0.1, -0.05) is 35.6 Å². The highest BCUT2D eigenvalue weighted by molar-refractivity contribution is 7.19. The van der Waals surface area contributed by atoms with E-state index in [4.69, 9.17) is 0 Å². The first kappa shape index (κ1) is 19.2. The lowest BCUT2D eigenvalue weighted by molar-refractivity contribution is -0.130. The van der Waals surface area contributed by atoms with Crippen LogP contribution >= 0.6 is 11.3 Å². The Hall–Kier alpha value is -2.81. The third kappa shape index (κ3) is 3.81. The number of carbonyl (C=O) groups is 2. The molecule has 2 amide bonds. The molecular formula is C21H24N6O2S. The normalized spacial score (nSPS) is 16.7. The molecule has 5 rings (SSSR count). The van der Waals surface area contributed by atoms with Crippen molar-refractivity contribution in [2.24, 2.45) is 0 Å². The van der Waals surface area contributed by atoms with Gasteiger partial charge in [0.05, 0.1) is 12.8 Å². The van der Waals surface area contributed by atoms with Crippen LogP contribution < -0.4 is 0 Å². The van der Waals surface area contributed by atoms with E-state index in [1.165, 1.54) is 11.3 Å². The van der Waals surface area contributed by atoms with Crippen LogP contribution in [0.3, 0.4) is 0 Å². The summed E-state index contributed by atoms with van der Waals surface area (Å²) in [5, 5.41) is 13.8. The topological polar surface area (TPSA) is 83.7 Å². The second kappa shape index (κ2) is 8.14. The highest BCUT2D eigenvalue weighted by Crippen LogP contribution is 2.26. The number of amides is 2. The molecule has 2 aromatic heterocycles. The molecule has 0 saturated carbocycles. The van der Waals surface area contributed by atoms with Gasteiger partial charge in [0.1, 0.15) is 5.01 Å². The number of fused-ring (bicyclic) bond motifs is 1. The molecule has 9 heteroatoms. The smallest absolute Gasteiger partial charge is 0.234 e. The maximum absolute atomic E-state index is 12.4. The second-order valence-electron chi connectivity index (χ2n) is 7.94. The van der Waals surface area contributed by atoms with Gasteiger partial charge in [-0.3, -0.25) is 9.59 Å². The summed E-state index contributed by atoms with van der Waals surface area (Å²) in [5.74, 6) is 0.868. The zero-order chi connectivity index (χ0) is 20.5. The van der Waals surface area contributed by atoms with Crippen LogP contribution in [0.5, 0.6) is 0 Å². The fourth-order valence-corrected chi connectivity index (χ4v) is 4.98. The predicted molar refractivity (Wildman–Crippen MR) is 113 cm³/mol.